The van der Waals surface area contributed by atoms with Crippen LogP contribution >= 0.6 is 0 Å². The summed E-state index contributed by atoms with van der Waals surface area (Å²) in [6, 6.07) is -1.72. The molecule has 2 rings (SSSR count). The van der Waals surface area contributed by atoms with Crippen molar-refractivity contribution >= 4 is 24.2 Å². The molecule has 8 nitrogen and oxygen atoms in total. The molecule has 0 radical (unpaired) electrons. The van der Waals surface area contributed by atoms with Gasteiger partial charge in [0.25, 0.3) is 5.91 Å². The van der Waals surface area contributed by atoms with Crippen LogP contribution in [0.25, 0.3) is 0 Å². The molecule has 3 atom stereocenters. The lowest BCUT2D eigenvalue weighted by Crippen LogP contribution is -2.65. The molecule has 104 valence electrons. The predicted octanol–water partition coefficient (Wildman–Crippen LogP) is -0.890. The molecule has 1 saturated heterocycles. The monoisotopic (exact) mass is 268 g/mol. The van der Waals surface area contributed by atoms with Crippen LogP contribution < -0.4 is 0 Å². The van der Waals surface area contributed by atoms with Crippen molar-refractivity contribution in [3.8, 4) is 0 Å². The second-order valence-corrected chi connectivity index (χ2v) is 4.56. The van der Waals surface area contributed by atoms with Crippen LogP contribution in [0, 0.1) is 0 Å². The number of ether oxygens (including phenoxy) is 1. The van der Waals surface area contributed by atoms with Crippen LogP contribution in [0.4, 0.5) is 4.79 Å². The Labute approximate surface area is 110 Å². The van der Waals surface area contributed by atoms with Gasteiger partial charge in [-0.05, 0) is 6.92 Å². The van der Waals surface area contributed by atoms with Gasteiger partial charge in [-0.25, -0.2) is 14.6 Å². The number of nitrogens with zero attached hydrogens (tertiary/aromatic N) is 4. The number of esters is 1. The molecular formula is C11H16N4O4. The fourth-order valence-electron chi connectivity index (χ4n) is 2.30. The van der Waals surface area contributed by atoms with E-state index in [0.29, 0.717) is 0 Å². The molecule has 0 aliphatic carbocycles. The van der Waals surface area contributed by atoms with Crippen molar-refractivity contribution in [2.45, 2.75) is 25.2 Å². The number of rotatable bonds is 2. The summed E-state index contributed by atoms with van der Waals surface area (Å²) in [5, 5.41) is 0. The molecule has 0 spiro atoms. The summed E-state index contributed by atoms with van der Waals surface area (Å²) in [7, 11) is 4.28. The van der Waals surface area contributed by atoms with Gasteiger partial charge >= 0.3 is 12.0 Å². The van der Waals surface area contributed by atoms with Crippen LogP contribution in [-0.4, -0.2) is 78.4 Å². The zero-order chi connectivity index (χ0) is 14.3. The number of aliphatic imine (C=N–C) groups is 1. The predicted molar refractivity (Wildman–Crippen MR) is 65.3 cm³/mol. The van der Waals surface area contributed by atoms with E-state index in [1.807, 2.05) is 0 Å². The highest BCUT2D eigenvalue weighted by atomic mass is 16.5. The second kappa shape index (κ2) is 4.52. The molecule has 0 aromatic heterocycles. The Balaban J connectivity index is 2.29. The van der Waals surface area contributed by atoms with Crippen LogP contribution in [0.15, 0.2) is 4.99 Å². The van der Waals surface area contributed by atoms with Crippen molar-refractivity contribution in [1.82, 2.24) is 14.7 Å². The Hall–Kier alpha value is -2.12. The quantitative estimate of drug-likeness (QED) is 0.607. The largest absolute Gasteiger partial charge is 0.467 e. The highest BCUT2D eigenvalue weighted by Gasteiger charge is 2.50. The Morgan fingerprint density at radius 2 is 2.05 bits per heavy atom. The number of carbonyl (C=O) groups excluding carboxylic acids is 3. The topological polar surface area (TPSA) is 82.5 Å². The summed E-state index contributed by atoms with van der Waals surface area (Å²) in [5.41, 5.74) is 0. The van der Waals surface area contributed by atoms with Crippen LogP contribution in [0.1, 0.15) is 6.92 Å². The van der Waals surface area contributed by atoms with Crippen LogP contribution in [0.2, 0.25) is 0 Å². The molecule has 3 unspecified atom stereocenters. The first-order valence-corrected chi connectivity index (χ1v) is 5.83. The Morgan fingerprint density at radius 1 is 1.42 bits per heavy atom. The van der Waals surface area contributed by atoms with Crippen LogP contribution in [0.5, 0.6) is 0 Å². The number of carbonyl (C=O) groups is 3. The van der Waals surface area contributed by atoms with Gasteiger partial charge in [0.15, 0.2) is 12.2 Å². The van der Waals surface area contributed by atoms with Crippen molar-refractivity contribution in [1.29, 1.82) is 0 Å². The Kier molecular flexibility index (Phi) is 3.17. The number of hydrogen-bond donors (Lipinski definition) is 0. The van der Waals surface area contributed by atoms with E-state index < -0.39 is 30.2 Å². The molecule has 0 N–H and O–H groups in total. The van der Waals surface area contributed by atoms with Gasteiger partial charge < -0.3 is 14.5 Å². The molecule has 0 bridgehead atoms. The zero-order valence-electron chi connectivity index (χ0n) is 11.2. The summed E-state index contributed by atoms with van der Waals surface area (Å²) < 4.78 is 4.67. The first kappa shape index (κ1) is 13.3. The number of methoxy groups -OCH3 is 1. The van der Waals surface area contributed by atoms with E-state index in [1.54, 1.807) is 14.0 Å². The maximum absolute atomic E-state index is 12.2. The molecule has 2 aliphatic rings. The fourth-order valence-corrected chi connectivity index (χ4v) is 2.30. The molecule has 0 aromatic carbocycles. The highest BCUT2D eigenvalue weighted by Crippen LogP contribution is 2.26. The average Bonchev–Trinajstić information content (AvgIpc) is 2.85. The van der Waals surface area contributed by atoms with Crippen LogP contribution in [-0.2, 0) is 14.3 Å². The van der Waals surface area contributed by atoms with Gasteiger partial charge in [0.05, 0.1) is 13.4 Å². The number of likely N-dealkylation sites (N-methyl/N-ethyl adjacent to an activating group) is 2. The van der Waals surface area contributed by atoms with E-state index in [2.05, 4.69) is 9.73 Å². The SMILES string of the molecule is COC(=O)C(C)N1C=NC2C1C(=O)N(C)C(=O)N2C. The molecule has 2 heterocycles. The van der Waals surface area contributed by atoms with Gasteiger partial charge in [0.1, 0.15) is 6.04 Å². The normalized spacial score (nSPS) is 27.7. The van der Waals surface area contributed by atoms with Crippen LogP contribution in [0.3, 0.4) is 0 Å². The van der Waals surface area contributed by atoms with Crippen molar-refractivity contribution < 1.29 is 19.1 Å². The maximum Gasteiger partial charge on any atom is 0.328 e. The number of hydrogen-bond acceptors (Lipinski definition) is 6. The number of fused-ring (bicyclic) bond motifs is 1. The minimum atomic E-state index is -0.679. The van der Waals surface area contributed by atoms with Crippen molar-refractivity contribution in [3.63, 3.8) is 0 Å². The molecular weight excluding hydrogens is 252 g/mol. The number of urea groups is 1. The average molecular weight is 268 g/mol. The van der Waals surface area contributed by atoms with Gasteiger partial charge in [0, 0.05) is 14.1 Å². The van der Waals surface area contributed by atoms with E-state index in [1.165, 1.54) is 30.3 Å². The molecule has 3 amide bonds. The third-order valence-corrected chi connectivity index (χ3v) is 3.51. The van der Waals surface area contributed by atoms with Crippen molar-refractivity contribution in [3.05, 3.63) is 0 Å². The lowest BCUT2D eigenvalue weighted by atomic mass is 10.1. The Morgan fingerprint density at radius 3 is 2.63 bits per heavy atom. The van der Waals surface area contributed by atoms with E-state index in [4.69, 9.17) is 0 Å². The van der Waals surface area contributed by atoms with Gasteiger partial charge in [-0.2, -0.15) is 0 Å². The standard InChI is InChI=1S/C11H16N4O4/c1-6(10(17)19-4)15-5-12-8-7(15)9(16)14(3)11(18)13(8)2/h5-8H,1-4H3. The molecule has 19 heavy (non-hydrogen) atoms. The lowest BCUT2D eigenvalue weighted by Gasteiger charge is -2.40. The third-order valence-electron chi connectivity index (χ3n) is 3.51. The van der Waals surface area contributed by atoms with Crippen molar-refractivity contribution in [2.75, 3.05) is 21.2 Å². The van der Waals surface area contributed by atoms with E-state index in [0.717, 1.165) is 4.90 Å². The molecule has 0 saturated carbocycles. The Bertz CT molecular complexity index is 464. The van der Waals surface area contributed by atoms with E-state index >= 15 is 0 Å². The van der Waals surface area contributed by atoms with Crippen molar-refractivity contribution in [2.24, 2.45) is 4.99 Å². The van der Waals surface area contributed by atoms with Gasteiger partial charge in [0.2, 0.25) is 0 Å². The summed E-state index contributed by atoms with van der Waals surface area (Å²) in [5.74, 6) is -0.830. The summed E-state index contributed by atoms with van der Waals surface area (Å²) in [6.07, 6.45) is 0.834. The first-order chi connectivity index (χ1) is 8.90. The lowest BCUT2D eigenvalue weighted by molar-refractivity contribution is -0.147. The van der Waals surface area contributed by atoms with E-state index in [-0.39, 0.29) is 5.91 Å². The summed E-state index contributed by atoms with van der Waals surface area (Å²) >= 11 is 0. The molecule has 0 aromatic rings. The van der Waals surface area contributed by atoms with E-state index in [9.17, 15) is 14.4 Å². The summed E-state index contributed by atoms with van der Waals surface area (Å²) in [4.78, 5) is 43.6. The second-order valence-electron chi connectivity index (χ2n) is 4.56. The number of imide groups is 1. The van der Waals surface area contributed by atoms with Gasteiger partial charge in [-0.15, -0.1) is 0 Å². The summed E-state index contributed by atoms with van der Waals surface area (Å²) in [6.45, 7) is 1.63. The molecule has 8 heteroatoms. The third kappa shape index (κ3) is 1.83. The minimum Gasteiger partial charge on any atom is -0.467 e. The highest BCUT2D eigenvalue weighted by molar-refractivity contribution is 6.02. The molecule has 1 fully saturated rings. The smallest absolute Gasteiger partial charge is 0.328 e. The maximum atomic E-state index is 12.2. The molecule has 2 aliphatic heterocycles. The fraction of sp³-hybridized carbons (Fsp3) is 0.636. The zero-order valence-corrected chi connectivity index (χ0v) is 11.2. The first-order valence-electron chi connectivity index (χ1n) is 5.83. The van der Waals surface area contributed by atoms with Gasteiger partial charge in [-0.3, -0.25) is 9.69 Å². The van der Waals surface area contributed by atoms with Gasteiger partial charge in [-0.1, -0.05) is 0 Å². The minimum absolute atomic E-state index is 0.374. The number of amides is 3.